The van der Waals surface area contributed by atoms with Crippen LogP contribution >= 0.6 is 15.9 Å². The van der Waals surface area contributed by atoms with Gasteiger partial charge in [-0.25, -0.2) is 0 Å². The lowest BCUT2D eigenvalue weighted by Crippen LogP contribution is -2.11. The number of nitro benzene ring substituents is 1. The summed E-state index contributed by atoms with van der Waals surface area (Å²) in [6.45, 7) is 7.87. The van der Waals surface area contributed by atoms with Crippen molar-refractivity contribution in [2.24, 2.45) is 0 Å². The Hall–Kier alpha value is -1.10. The number of rotatable bonds is 3. The molecule has 0 bridgehead atoms. The molecule has 0 heterocycles. The Morgan fingerprint density at radius 1 is 1.38 bits per heavy atom. The van der Waals surface area contributed by atoms with Gasteiger partial charge in [0.2, 0.25) is 0 Å². The van der Waals surface area contributed by atoms with E-state index in [9.17, 15) is 10.1 Å². The monoisotopic (exact) mass is 288 g/mol. The fourth-order valence-corrected chi connectivity index (χ4v) is 1.44. The Balaban J connectivity index is 0.00000106. The number of hydrogen-bond donors (Lipinski definition) is 1. The first-order valence-electron chi connectivity index (χ1n) is 5.21. The van der Waals surface area contributed by atoms with Crippen LogP contribution in [0.5, 0.6) is 0 Å². The van der Waals surface area contributed by atoms with Gasteiger partial charge in [0, 0.05) is 16.6 Å². The van der Waals surface area contributed by atoms with Gasteiger partial charge in [-0.05, 0) is 26.0 Å². The topological polar surface area (TPSA) is 55.2 Å². The second-order valence-electron chi connectivity index (χ2n) is 3.22. The molecule has 0 spiro atoms. The van der Waals surface area contributed by atoms with Crippen molar-refractivity contribution in [2.45, 2.75) is 33.7 Å². The molecule has 0 saturated heterocycles. The molecule has 0 aliphatic rings. The fraction of sp³-hybridized carbons (Fsp3) is 0.455. The quantitative estimate of drug-likeness (QED) is 0.670. The summed E-state index contributed by atoms with van der Waals surface area (Å²) >= 11 is 3.20. The Bertz CT molecular complexity index is 354. The zero-order chi connectivity index (χ0) is 12.7. The number of nitrogens with one attached hydrogen (secondary N) is 1. The summed E-state index contributed by atoms with van der Waals surface area (Å²) in [7, 11) is 0. The van der Waals surface area contributed by atoms with E-state index in [1.165, 1.54) is 6.07 Å². The van der Waals surface area contributed by atoms with E-state index >= 15 is 0 Å². The zero-order valence-electron chi connectivity index (χ0n) is 9.95. The summed E-state index contributed by atoms with van der Waals surface area (Å²) < 4.78 is 0.707. The van der Waals surface area contributed by atoms with Gasteiger partial charge in [-0.1, -0.05) is 29.8 Å². The average molecular weight is 289 g/mol. The highest BCUT2D eigenvalue weighted by atomic mass is 79.9. The Kier molecular flexibility index (Phi) is 6.72. The summed E-state index contributed by atoms with van der Waals surface area (Å²) in [6, 6.07) is 5.14. The van der Waals surface area contributed by atoms with E-state index in [2.05, 4.69) is 21.2 Å². The molecule has 4 nitrogen and oxygen atoms in total. The molecule has 16 heavy (non-hydrogen) atoms. The van der Waals surface area contributed by atoms with Crippen LogP contribution in [0, 0.1) is 10.1 Å². The Morgan fingerprint density at radius 3 is 2.38 bits per heavy atom. The SMILES string of the molecule is CC.CC(C)Nc1ccc(Br)cc1[N+](=O)[O-]. The molecule has 1 aromatic rings. The third kappa shape index (κ3) is 4.61. The smallest absolute Gasteiger partial charge is 0.293 e. The average Bonchev–Trinajstić information content (AvgIpc) is 2.23. The minimum atomic E-state index is -0.393. The summed E-state index contributed by atoms with van der Waals surface area (Å²) in [5, 5.41) is 13.7. The third-order valence-electron chi connectivity index (χ3n) is 1.60. The molecule has 0 aromatic heterocycles. The molecule has 0 unspecified atom stereocenters. The van der Waals surface area contributed by atoms with Gasteiger partial charge in [0.05, 0.1) is 4.92 Å². The number of hydrogen-bond acceptors (Lipinski definition) is 3. The van der Waals surface area contributed by atoms with Crippen LogP contribution in [0.15, 0.2) is 22.7 Å². The summed E-state index contributed by atoms with van der Waals surface area (Å²) in [4.78, 5) is 10.3. The van der Waals surface area contributed by atoms with Crippen molar-refractivity contribution in [1.29, 1.82) is 0 Å². The Morgan fingerprint density at radius 2 is 1.94 bits per heavy atom. The number of nitro groups is 1. The first-order valence-corrected chi connectivity index (χ1v) is 6.00. The first kappa shape index (κ1) is 14.9. The lowest BCUT2D eigenvalue weighted by molar-refractivity contribution is -0.384. The summed E-state index contributed by atoms with van der Waals surface area (Å²) in [5.41, 5.74) is 0.640. The van der Waals surface area contributed by atoms with Crippen LogP contribution in [0.3, 0.4) is 0 Å². The van der Waals surface area contributed by atoms with E-state index in [1.807, 2.05) is 27.7 Å². The van der Waals surface area contributed by atoms with Gasteiger partial charge in [-0.3, -0.25) is 10.1 Å². The molecule has 0 radical (unpaired) electrons. The molecule has 90 valence electrons. The van der Waals surface area contributed by atoms with Crippen molar-refractivity contribution in [3.05, 3.63) is 32.8 Å². The largest absolute Gasteiger partial charge is 0.377 e. The normalized spacial score (nSPS) is 9.38. The highest BCUT2D eigenvalue weighted by Crippen LogP contribution is 2.28. The van der Waals surface area contributed by atoms with Crippen LogP contribution in [0.25, 0.3) is 0 Å². The van der Waals surface area contributed by atoms with Crippen LogP contribution in [0.2, 0.25) is 0 Å². The number of nitrogens with zero attached hydrogens (tertiary/aromatic N) is 1. The maximum absolute atomic E-state index is 10.7. The molecule has 0 fully saturated rings. The molecule has 0 amide bonds. The van der Waals surface area contributed by atoms with E-state index < -0.39 is 4.92 Å². The van der Waals surface area contributed by atoms with E-state index in [1.54, 1.807) is 12.1 Å². The second kappa shape index (κ2) is 7.22. The third-order valence-corrected chi connectivity index (χ3v) is 2.09. The highest BCUT2D eigenvalue weighted by Gasteiger charge is 2.14. The van der Waals surface area contributed by atoms with Gasteiger partial charge in [0.25, 0.3) is 5.69 Å². The van der Waals surface area contributed by atoms with Crippen LogP contribution in [-0.2, 0) is 0 Å². The van der Waals surface area contributed by atoms with E-state index in [0.29, 0.717) is 10.2 Å². The fourth-order valence-electron chi connectivity index (χ4n) is 1.09. The van der Waals surface area contributed by atoms with Crippen molar-refractivity contribution in [1.82, 2.24) is 0 Å². The highest BCUT2D eigenvalue weighted by molar-refractivity contribution is 9.10. The molecular weight excluding hydrogens is 272 g/mol. The van der Waals surface area contributed by atoms with E-state index in [4.69, 9.17) is 0 Å². The predicted octanol–water partition coefficient (Wildman–Crippen LogP) is 4.20. The second-order valence-corrected chi connectivity index (χ2v) is 4.13. The molecular formula is C11H17BrN2O2. The van der Waals surface area contributed by atoms with Crippen molar-refractivity contribution < 1.29 is 4.92 Å². The van der Waals surface area contributed by atoms with Crippen molar-refractivity contribution >= 4 is 27.3 Å². The molecule has 1 N–H and O–H groups in total. The van der Waals surface area contributed by atoms with E-state index in [-0.39, 0.29) is 11.7 Å². The maximum atomic E-state index is 10.7. The van der Waals surface area contributed by atoms with E-state index in [0.717, 1.165) is 0 Å². The molecule has 1 rings (SSSR count). The van der Waals surface area contributed by atoms with Gasteiger partial charge in [-0.2, -0.15) is 0 Å². The van der Waals surface area contributed by atoms with Crippen LogP contribution in [-0.4, -0.2) is 11.0 Å². The van der Waals surface area contributed by atoms with Gasteiger partial charge in [0.1, 0.15) is 5.69 Å². The number of halogens is 1. The molecule has 0 aliphatic carbocycles. The minimum absolute atomic E-state index is 0.0908. The molecule has 0 aliphatic heterocycles. The molecule has 5 heteroatoms. The van der Waals surface area contributed by atoms with Gasteiger partial charge in [0.15, 0.2) is 0 Å². The number of benzene rings is 1. The maximum Gasteiger partial charge on any atom is 0.293 e. The zero-order valence-corrected chi connectivity index (χ0v) is 11.5. The molecule has 0 atom stereocenters. The van der Waals surface area contributed by atoms with Crippen molar-refractivity contribution in [2.75, 3.05) is 5.32 Å². The van der Waals surface area contributed by atoms with Crippen molar-refractivity contribution in [3.8, 4) is 0 Å². The van der Waals surface area contributed by atoms with Crippen LogP contribution in [0.4, 0.5) is 11.4 Å². The first-order chi connectivity index (χ1) is 7.50. The summed E-state index contributed by atoms with van der Waals surface area (Å²) in [6.07, 6.45) is 0. The molecule has 1 aromatic carbocycles. The van der Waals surface area contributed by atoms with Crippen molar-refractivity contribution in [3.63, 3.8) is 0 Å². The summed E-state index contributed by atoms with van der Waals surface area (Å²) in [5.74, 6) is 0. The van der Waals surface area contributed by atoms with Crippen LogP contribution < -0.4 is 5.32 Å². The lowest BCUT2D eigenvalue weighted by atomic mass is 10.2. The standard InChI is InChI=1S/C9H11BrN2O2.C2H6/c1-6(2)11-8-4-3-7(10)5-9(8)12(13)14;1-2/h3-6,11H,1-2H3;1-2H3. The van der Waals surface area contributed by atoms with Gasteiger partial charge < -0.3 is 5.32 Å². The predicted molar refractivity (Wildman–Crippen MR) is 70.9 cm³/mol. The Labute approximate surface area is 104 Å². The minimum Gasteiger partial charge on any atom is -0.377 e. The lowest BCUT2D eigenvalue weighted by Gasteiger charge is -2.09. The van der Waals surface area contributed by atoms with Gasteiger partial charge >= 0.3 is 0 Å². The number of anilines is 1. The van der Waals surface area contributed by atoms with Crippen LogP contribution in [0.1, 0.15) is 27.7 Å². The van der Waals surface area contributed by atoms with Gasteiger partial charge in [-0.15, -0.1) is 0 Å². The molecule has 0 saturated carbocycles.